The number of pyridine rings is 1. The third kappa shape index (κ3) is 6.47. The van der Waals surface area contributed by atoms with Crippen molar-refractivity contribution in [3.63, 3.8) is 0 Å². The summed E-state index contributed by atoms with van der Waals surface area (Å²) in [5.41, 5.74) is 1.31. The van der Waals surface area contributed by atoms with E-state index in [1.165, 1.54) is 11.8 Å². The number of thioether (sulfide) groups is 1. The number of ether oxygens (including phenoxy) is 1. The van der Waals surface area contributed by atoms with Gasteiger partial charge in [0.15, 0.2) is 0 Å². The van der Waals surface area contributed by atoms with Crippen LogP contribution in [0.15, 0.2) is 47.6 Å². The fraction of sp³-hybridized carbons (Fsp3) is 0.458. The minimum absolute atomic E-state index is 0.0428. The Bertz CT molecular complexity index is 865. The van der Waals surface area contributed by atoms with Gasteiger partial charge in [-0.1, -0.05) is 13.3 Å². The Morgan fingerprint density at radius 3 is 2.61 bits per heavy atom. The van der Waals surface area contributed by atoms with Gasteiger partial charge < -0.3 is 15.0 Å². The first-order valence-electron chi connectivity index (χ1n) is 10.9. The maximum Gasteiger partial charge on any atom is 0.256 e. The van der Waals surface area contributed by atoms with Crippen LogP contribution < -0.4 is 10.1 Å². The normalized spacial score (nSPS) is 14.3. The number of hydrogen-bond donors (Lipinski definition) is 1. The van der Waals surface area contributed by atoms with Crippen molar-refractivity contribution in [2.24, 2.45) is 5.92 Å². The van der Waals surface area contributed by atoms with E-state index in [0.717, 1.165) is 36.5 Å². The number of rotatable bonds is 9. The Kier molecular flexibility index (Phi) is 8.76. The molecule has 7 heteroatoms. The molecule has 2 aromatic rings. The smallest absolute Gasteiger partial charge is 0.256 e. The van der Waals surface area contributed by atoms with Gasteiger partial charge in [-0.25, -0.2) is 4.98 Å². The van der Waals surface area contributed by atoms with Crippen LogP contribution in [0.4, 0.5) is 0 Å². The fourth-order valence-electron chi connectivity index (χ4n) is 3.60. The van der Waals surface area contributed by atoms with Gasteiger partial charge >= 0.3 is 0 Å². The highest BCUT2D eigenvalue weighted by Gasteiger charge is 2.25. The molecule has 1 saturated heterocycles. The molecular weight excluding hydrogens is 410 g/mol. The van der Waals surface area contributed by atoms with E-state index in [2.05, 4.69) is 17.2 Å². The van der Waals surface area contributed by atoms with Gasteiger partial charge in [-0.05, 0) is 67.8 Å². The Morgan fingerprint density at radius 1 is 1.19 bits per heavy atom. The van der Waals surface area contributed by atoms with Crippen LogP contribution in [0.25, 0.3) is 0 Å². The lowest BCUT2D eigenvalue weighted by molar-refractivity contribution is 0.0680. The number of nitrogens with one attached hydrogen (secondary N) is 1. The number of hydrogen-bond acceptors (Lipinski definition) is 5. The average Bonchev–Trinajstić information content (AvgIpc) is 2.83. The first kappa shape index (κ1) is 23.1. The third-order valence-corrected chi connectivity index (χ3v) is 6.24. The number of nitrogens with zero attached hydrogens (tertiary/aromatic N) is 2. The number of likely N-dealkylation sites (tertiary alicyclic amines) is 1. The molecule has 2 amide bonds. The van der Waals surface area contributed by atoms with Gasteiger partial charge in [-0.3, -0.25) is 9.59 Å². The average molecular weight is 442 g/mol. The van der Waals surface area contributed by atoms with Crippen LogP contribution in [0, 0.1) is 5.92 Å². The molecule has 166 valence electrons. The zero-order chi connectivity index (χ0) is 22.1. The molecule has 1 aliphatic heterocycles. The molecule has 3 rings (SSSR count). The summed E-state index contributed by atoms with van der Waals surface area (Å²) in [6.07, 6.45) is 7.52. The van der Waals surface area contributed by atoms with Gasteiger partial charge in [-0.15, -0.1) is 11.8 Å². The summed E-state index contributed by atoms with van der Waals surface area (Å²) in [5.74, 6) is 1.14. The second-order valence-electron chi connectivity index (χ2n) is 7.73. The summed E-state index contributed by atoms with van der Waals surface area (Å²) >= 11 is 1.49. The molecule has 0 spiro atoms. The van der Waals surface area contributed by atoms with Crippen LogP contribution in [0.3, 0.4) is 0 Å². The summed E-state index contributed by atoms with van der Waals surface area (Å²) in [6.45, 7) is 4.85. The minimum atomic E-state index is -0.0708. The summed E-state index contributed by atoms with van der Waals surface area (Å²) in [7, 11) is 0. The first-order valence-corrected chi connectivity index (χ1v) is 12.1. The first-order chi connectivity index (χ1) is 15.1. The SMILES string of the molecule is CCCCOc1ccc(C(=O)NCC2CCN(C(=O)c3cccnc3SC)CC2)cc1. The van der Waals surface area contributed by atoms with Crippen LogP contribution in [0.5, 0.6) is 5.75 Å². The van der Waals surface area contributed by atoms with Crippen molar-refractivity contribution in [2.75, 3.05) is 32.5 Å². The van der Waals surface area contributed by atoms with Crippen molar-refractivity contribution in [2.45, 2.75) is 37.6 Å². The Morgan fingerprint density at radius 2 is 1.94 bits per heavy atom. The molecule has 0 saturated carbocycles. The van der Waals surface area contributed by atoms with Crippen LogP contribution >= 0.6 is 11.8 Å². The van der Waals surface area contributed by atoms with E-state index < -0.39 is 0 Å². The summed E-state index contributed by atoms with van der Waals surface area (Å²) in [4.78, 5) is 31.5. The summed E-state index contributed by atoms with van der Waals surface area (Å²) < 4.78 is 5.64. The number of unbranched alkanes of at least 4 members (excludes halogenated alkanes) is 1. The Hall–Kier alpha value is -2.54. The highest BCUT2D eigenvalue weighted by atomic mass is 32.2. The molecule has 31 heavy (non-hydrogen) atoms. The fourth-order valence-corrected chi connectivity index (χ4v) is 4.14. The molecular formula is C24H31N3O3S. The zero-order valence-electron chi connectivity index (χ0n) is 18.3. The molecule has 0 aliphatic carbocycles. The Labute approximate surface area is 188 Å². The van der Waals surface area contributed by atoms with Crippen LogP contribution in [-0.4, -0.2) is 54.2 Å². The van der Waals surface area contributed by atoms with E-state index in [0.29, 0.717) is 43.3 Å². The van der Waals surface area contributed by atoms with Crippen LogP contribution in [-0.2, 0) is 0 Å². The molecule has 1 aromatic heterocycles. The van der Waals surface area contributed by atoms with Gasteiger partial charge in [0.1, 0.15) is 10.8 Å². The molecule has 0 bridgehead atoms. The van der Waals surface area contributed by atoms with Gasteiger partial charge in [0.05, 0.1) is 12.2 Å². The largest absolute Gasteiger partial charge is 0.494 e. The van der Waals surface area contributed by atoms with Crippen molar-refractivity contribution in [3.05, 3.63) is 53.7 Å². The van der Waals surface area contributed by atoms with Crippen molar-refractivity contribution < 1.29 is 14.3 Å². The van der Waals surface area contributed by atoms with Crippen LogP contribution in [0.2, 0.25) is 0 Å². The highest BCUT2D eigenvalue weighted by molar-refractivity contribution is 7.98. The van der Waals surface area contributed by atoms with Crippen molar-refractivity contribution in [1.82, 2.24) is 15.2 Å². The van der Waals surface area contributed by atoms with E-state index in [1.807, 2.05) is 29.4 Å². The zero-order valence-corrected chi connectivity index (χ0v) is 19.1. The van der Waals surface area contributed by atoms with Crippen molar-refractivity contribution >= 4 is 23.6 Å². The predicted octanol–water partition coefficient (Wildman–Crippen LogP) is 4.26. The second kappa shape index (κ2) is 11.7. The molecule has 1 N–H and O–H groups in total. The number of piperidine rings is 1. The predicted molar refractivity (Wildman–Crippen MR) is 124 cm³/mol. The lowest BCUT2D eigenvalue weighted by Crippen LogP contribution is -2.41. The molecule has 0 unspecified atom stereocenters. The quantitative estimate of drug-likeness (QED) is 0.465. The molecule has 0 radical (unpaired) electrons. The minimum Gasteiger partial charge on any atom is -0.494 e. The van der Waals surface area contributed by atoms with Gasteiger partial charge in [-0.2, -0.15) is 0 Å². The van der Waals surface area contributed by atoms with Crippen LogP contribution in [0.1, 0.15) is 53.3 Å². The van der Waals surface area contributed by atoms with E-state index >= 15 is 0 Å². The highest BCUT2D eigenvalue weighted by Crippen LogP contribution is 2.23. The topological polar surface area (TPSA) is 71.5 Å². The summed E-state index contributed by atoms with van der Waals surface area (Å²) in [6, 6.07) is 10.9. The third-order valence-electron chi connectivity index (χ3n) is 5.53. The Balaban J connectivity index is 1.43. The number of amides is 2. The standard InChI is InChI=1S/C24H31N3O3S/c1-3-4-16-30-20-9-7-19(8-10-20)22(28)26-17-18-11-14-27(15-12-18)24(29)21-6-5-13-25-23(21)31-2/h5-10,13,18H,3-4,11-12,14-17H2,1-2H3,(H,26,28). The molecule has 2 heterocycles. The molecule has 6 nitrogen and oxygen atoms in total. The number of carbonyl (C=O) groups is 2. The lowest BCUT2D eigenvalue weighted by atomic mass is 9.96. The van der Waals surface area contributed by atoms with Gasteiger partial charge in [0, 0.05) is 31.4 Å². The second-order valence-corrected chi connectivity index (χ2v) is 8.53. The van der Waals surface area contributed by atoms with Crippen molar-refractivity contribution in [1.29, 1.82) is 0 Å². The maximum absolute atomic E-state index is 12.8. The maximum atomic E-state index is 12.8. The molecule has 1 aliphatic rings. The number of carbonyl (C=O) groups excluding carboxylic acids is 2. The van der Waals surface area contributed by atoms with E-state index in [-0.39, 0.29) is 11.8 Å². The van der Waals surface area contributed by atoms with E-state index in [1.54, 1.807) is 24.4 Å². The number of aromatic nitrogens is 1. The van der Waals surface area contributed by atoms with E-state index in [9.17, 15) is 9.59 Å². The monoisotopic (exact) mass is 441 g/mol. The lowest BCUT2D eigenvalue weighted by Gasteiger charge is -2.32. The van der Waals surface area contributed by atoms with Gasteiger partial charge in [0.2, 0.25) is 0 Å². The van der Waals surface area contributed by atoms with Crippen molar-refractivity contribution in [3.8, 4) is 5.75 Å². The molecule has 0 atom stereocenters. The molecule has 1 aromatic carbocycles. The summed E-state index contributed by atoms with van der Waals surface area (Å²) in [5, 5.41) is 3.81. The van der Waals surface area contributed by atoms with Gasteiger partial charge in [0.25, 0.3) is 11.8 Å². The number of benzene rings is 1. The molecule has 1 fully saturated rings. The van der Waals surface area contributed by atoms with E-state index in [4.69, 9.17) is 4.74 Å².